The van der Waals surface area contributed by atoms with E-state index in [0.29, 0.717) is 26.2 Å². The minimum atomic E-state index is -3.59. The molecule has 0 bridgehead atoms. The number of halogens is 1. The molecular weight excluding hydrogens is 398 g/mol. The highest BCUT2D eigenvalue weighted by atomic mass is 35.5. The number of hydrogen-bond acceptors (Lipinski definition) is 6. The number of piperidine rings is 1. The molecule has 2 fully saturated rings. The third-order valence-corrected chi connectivity index (χ3v) is 7.73. The van der Waals surface area contributed by atoms with Crippen LogP contribution in [0, 0.1) is 0 Å². The summed E-state index contributed by atoms with van der Waals surface area (Å²) in [5.41, 5.74) is 0. The lowest BCUT2D eigenvalue weighted by molar-refractivity contribution is 0.384. The highest BCUT2D eigenvalue weighted by Gasteiger charge is 2.30. The van der Waals surface area contributed by atoms with Crippen molar-refractivity contribution in [1.29, 1.82) is 0 Å². The predicted molar refractivity (Wildman–Crippen MR) is 111 cm³/mol. The highest BCUT2D eigenvalue weighted by Crippen LogP contribution is 2.26. The van der Waals surface area contributed by atoms with Gasteiger partial charge in [-0.3, -0.25) is 0 Å². The SMILES string of the molecule is O=S(=O)(c1ccccc1Cl)N1CCN(c2cc(N3CCCCC3)ncn2)CC1. The van der Waals surface area contributed by atoms with Gasteiger partial charge >= 0.3 is 0 Å². The molecule has 0 N–H and O–H groups in total. The number of aromatic nitrogens is 2. The van der Waals surface area contributed by atoms with E-state index >= 15 is 0 Å². The predicted octanol–water partition coefficient (Wildman–Crippen LogP) is 2.63. The molecule has 0 saturated carbocycles. The Morgan fingerprint density at radius 1 is 0.821 bits per heavy atom. The Hall–Kier alpha value is -1.90. The number of benzene rings is 1. The van der Waals surface area contributed by atoms with Crippen LogP contribution in [0.15, 0.2) is 41.6 Å². The second-order valence-electron chi connectivity index (χ2n) is 7.10. The number of rotatable bonds is 4. The van der Waals surface area contributed by atoms with Crippen LogP contribution in [0.4, 0.5) is 11.6 Å². The third kappa shape index (κ3) is 3.94. The number of anilines is 2. The fourth-order valence-electron chi connectivity index (χ4n) is 3.76. The second-order valence-corrected chi connectivity index (χ2v) is 9.42. The summed E-state index contributed by atoms with van der Waals surface area (Å²) < 4.78 is 27.3. The summed E-state index contributed by atoms with van der Waals surface area (Å²) in [5.74, 6) is 1.81. The van der Waals surface area contributed by atoms with Crippen molar-refractivity contribution in [2.75, 3.05) is 49.1 Å². The van der Waals surface area contributed by atoms with Crippen molar-refractivity contribution in [1.82, 2.24) is 14.3 Å². The van der Waals surface area contributed by atoms with Gasteiger partial charge in [0.15, 0.2) is 0 Å². The van der Waals surface area contributed by atoms with E-state index in [1.54, 1.807) is 30.6 Å². The van der Waals surface area contributed by atoms with Gasteiger partial charge in [-0.15, -0.1) is 0 Å². The van der Waals surface area contributed by atoms with Crippen LogP contribution in [0.1, 0.15) is 19.3 Å². The Balaban J connectivity index is 1.45. The first-order chi connectivity index (χ1) is 13.6. The van der Waals surface area contributed by atoms with Crippen molar-refractivity contribution in [2.45, 2.75) is 24.2 Å². The van der Waals surface area contributed by atoms with Crippen LogP contribution in [0.3, 0.4) is 0 Å². The zero-order valence-corrected chi connectivity index (χ0v) is 17.2. The molecule has 2 aliphatic rings. The maximum Gasteiger partial charge on any atom is 0.244 e. The van der Waals surface area contributed by atoms with Crippen molar-refractivity contribution in [2.24, 2.45) is 0 Å². The van der Waals surface area contributed by atoms with E-state index in [1.807, 2.05) is 6.07 Å². The molecule has 0 atom stereocenters. The van der Waals surface area contributed by atoms with Gasteiger partial charge in [0.1, 0.15) is 22.9 Å². The largest absolute Gasteiger partial charge is 0.356 e. The van der Waals surface area contributed by atoms with Crippen LogP contribution in [-0.2, 0) is 10.0 Å². The van der Waals surface area contributed by atoms with E-state index in [4.69, 9.17) is 11.6 Å². The van der Waals surface area contributed by atoms with Crippen molar-refractivity contribution in [3.05, 3.63) is 41.7 Å². The van der Waals surface area contributed by atoms with Gasteiger partial charge in [0, 0.05) is 45.3 Å². The van der Waals surface area contributed by atoms with Gasteiger partial charge in [0.05, 0.1) is 5.02 Å². The number of sulfonamides is 1. The molecule has 150 valence electrons. The molecule has 4 rings (SSSR count). The first-order valence-corrected chi connectivity index (χ1v) is 11.4. The summed E-state index contributed by atoms with van der Waals surface area (Å²) in [5, 5.41) is 0.256. The maximum atomic E-state index is 12.9. The number of piperazine rings is 1. The fraction of sp³-hybridized carbons (Fsp3) is 0.474. The molecule has 28 heavy (non-hydrogen) atoms. The van der Waals surface area contributed by atoms with Crippen molar-refractivity contribution >= 4 is 33.3 Å². The maximum absolute atomic E-state index is 12.9. The third-order valence-electron chi connectivity index (χ3n) is 5.34. The van der Waals surface area contributed by atoms with E-state index in [1.165, 1.54) is 23.6 Å². The van der Waals surface area contributed by atoms with Crippen molar-refractivity contribution in [3.63, 3.8) is 0 Å². The van der Waals surface area contributed by atoms with Crippen molar-refractivity contribution < 1.29 is 8.42 Å². The molecule has 1 aromatic carbocycles. The summed E-state index contributed by atoms with van der Waals surface area (Å²) in [6.07, 6.45) is 5.26. The minimum Gasteiger partial charge on any atom is -0.356 e. The number of nitrogens with zero attached hydrogens (tertiary/aromatic N) is 5. The molecule has 2 aliphatic heterocycles. The standard InChI is InChI=1S/C19H24ClN5O2S/c20-16-6-2-3-7-17(16)28(26,27)25-12-10-24(11-13-25)19-14-18(21-15-22-19)23-8-4-1-5-9-23/h2-3,6-7,14-15H,1,4-5,8-13H2. The average Bonchev–Trinajstić information content (AvgIpc) is 2.75. The molecule has 0 aliphatic carbocycles. The quantitative estimate of drug-likeness (QED) is 0.755. The average molecular weight is 422 g/mol. The molecular formula is C19H24ClN5O2S. The number of hydrogen-bond donors (Lipinski definition) is 0. The molecule has 9 heteroatoms. The van der Waals surface area contributed by atoms with E-state index in [2.05, 4.69) is 19.8 Å². The molecule has 0 unspecified atom stereocenters. The molecule has 0 spiro atoms. The van der Waals surface area contributed by atoms with Crippen LogP contribution in [0.2, 0.25) is 5.02 Å². The monoisotopic (exact) mass is 421 g/mol. The van der Waals surface area contributed by atoms with E-state index in [9.17, 15) is 8.42 Å². The fourth-order valence-corrected chi connectivity index (χ4v) is 5.67. The van der Waals surface area contributed by atoms with E-state index in [0.717, 1.165) is 24.7 Å². The van der Waals surface area contributed by atoms with Crippen molar-refractivity contribution in [3.8, 4) is 0 Å². The Morgan fingerprint density at radius 3 is 2.07 bits per heavy atom. The van der Waals surface area contributed by atoms with Gasteiger partial charge < -0.3 is 9.80 Å². The molecule has 0 radical (unpaired) electrons. The van der Waals surface area contributed by atoms with Crippen LogP contribution in [0.5, 0.6) is 0 Å². The van der Waals surface area contributed by atoms with Gasteiger partial charge in [-0.2, -0.15) is 4.31 Å². The smallest absolute Gasteiger partial charge is 0.244 e. The molecule has 7 nitrogen and oxygen atoms in total. The van der Waals surface area contributed by atoms with Gasteiger partial charge in [-0.25, -0.2) is 18.4 Å². The summed E-state index contributed by atoms with van der Waals surface area (Å²) in [6.45, 7) is 4.02. The van der Waals surface area contributed by atoms with Crippen LogP contribution >= 0.6 is 11.6 Å². The van der Waals surface area contributed by atoms with Crippen LogP contribution < -0.4 is 9.80 Å². The zero-order valence-electron chi connectivity index (χ0n) is 15.7. The van der Waals surface area contributed by atoms with E-state index < -0.39 is 10.0 Å². The van der Waals surface area contributed by atoms with Gasteiger partial charge in [0.25, 0.3) is 0 Å². The van der Waals surface area contributed by atoms with Gasteiger partial charge in [0.2, 0.25) is 10.0 Å². The highest BCUT2D eigenvalue weighted by molar-refractivity contribution is 7.89. The second kappa shape index (κ2) is 8.23. The van der Waals surface area contributed by atoms with E-state index in [-0.39, 0.29) is 9.92 Å². The topological polar surface area (TPSA) is 69.6 Å². The van der Waals surface area contributed by atoms with Gasteiger partial charge in [-0.1, -0.05) is 23.7 Å². The Bertz CT molecular complexity index is 925. The normalized spacial score (nSPS) is 19.0. The van der Waals surface area contributed by atoms with Gasteiger partial charge in [-0.05, 0) is 31.4 Å². The Kier molecular flexibility index (Phi) is 5.70. The molecule has 2 saturated heterocycles. The lowest BCUT2D eigenvalue weighted by atomic mass is 10.1. The summed E-state index contributed by atoms with van der Waals surface area (Å²) in [6, 6.07) is 8.60. The zero-order chi connectivity index (χ0) is 19.6. The summed E-state index contributed by atoms with van der Waals surface area (Å²) >= 11 is 6.11. The molecule has 2 aromatic rings. The van der Waals surface area contributed by atoms with Crippen LogP contribution in [-0.4, -0.2) is 62.0 Å². The molecule has 0 amide bonds. The minimum absolute atomic E-state index is 0.166. The Labute approximate surface area is 171 Å². The molecule has 1 aromatic heterocycles. The molecule has 3 heterocycles. The lowest BCUT2D eigenvalue weighted by Crippen LogP contribution is -2.49. The first kappa shape index (κ1) is 19.4. The first-order valence-electron chi connectivity index (χ1n) is 9.62. The van der Waals surface area contributed by atoms with Crippen LogP contribution in [0.25, 0.3) is 0 Å². The lowest BCUT2D eigenvalue weighted by Gasteiger charge is -2.35. The summed E-state index contributed by atoms with van der Waals surface area (Å²) in [7, 11) is -3.59. The Morgan fingerprint density at radius 2 is 1.43 bits per heavy atom. The summed E-state index contributed by atoms with van der Waals surface area (Å²) in [4.78, 5) is 13.4.